The maximum Gasteiger partial charge on any atom is 0.259 e. The second-order valence-electron chi connectivity index (χ2n) is 3.28. The predicted octanol–water partition coefficient (Wildman–Crippen LogP) is -2.30. The Balaban J connectivity index is 2.05. The summed E-state index contributed by atoms with van der Waals surface area (Å²) in [5.74, 6) is 0. The monoisotopic (exact) mass is 221 g/mol. The van der Waals surface area contributed by atoms with Crippen LogP contribution in [0.2, 0.25) is 0 Å². The van der Waals surface area contributed by atoms with Gasteiger partial charge in [-0.3, -0.25) is 0 Å². The summed E-state index contributed by atoms with van der Waals surface area (Å²) in [4.78, 5) is 0. The lowest BCUT2D eigenvalue weighted by Gasteiger charge is -2.20. The maximum absolute atomic E-state index is 9.66. The van der Waals surface area contributed by atoms with E-state index in [2.05, 4.69) is 5.32 Å². The van der Waals surface area contributed by atoms with E-state index in [9.17, 15) is 10.2 Å². The van der Waals surface area contributed by atoms with Gasteiger partial charge in [0, 0.05) is 0 Å². The van der Waals surface area contributed by atoms with Crippen LogP contribution in [0.1, 0.15) is 0 Å². The van der Waals surface area contributed by atoms with Crippen molar-refractivity contribution >= 4 is 17.4 Å². The Labute approximate surface area is 85.4 Å². The first-order valence-corrected chi connectivity index (χ1v) is 4.64. The van der Waals surface area contributed by atoms with Crippen molar-refractivity contribution in [1.29, 1.82) is 0 Å². The molecule has 2 fully saturated rings. The van der Waals surface area contributed by atoms with Gasteiger partial charge in [0.2, 0.25) is 0 Å². The summed E-state index contributed by atoms with van der Waals surface area (Å²) in [6.07, 6.45) is -4.09. The van der Waals surface area contributed by atoms with E-state index in [1.54, 1.807) is 0 Å². The van der Waals surface area contributed by atoms with Gasteiger partial charge in [-0.1, -0.05) is 0 Å². The van der Waals surface area contributed by atoms with Crippen LogP contribution in [0.25, 0.3) is 0 Å². The fraction of sp³-hybridized carbons (Fsp3) is 0.857. The Morgan fingerprint density at radius 1 is 1.57 bits per heavy atom. The lowest BCUT2D eigenvalue weighted by molar-refractivity contribution is -0.0846. The summed E-state index contributed by atoms with van der Waals surface area (Å²) in [6, 6.07) is 0. The molecule has 0 amide bonds. The molecule has 2 aliphatic heterocycles. The number of fused-ring (bicyclic) bond motifs is 1. The minimum atomic E-state index is -1.12. The minimum Gasteiger partial charge on any atom is -0.460 e. The zero-order valence-electron chi connectivity index (χ0n) is 7.16. The molecule has 6 nitrogen and oxygen atoms in total. The van der Waals surface area contributed by atoms with E-state index in [-0.39, 0.29) is 5.17 Å². The molecule has 7 heteroatoms. The number of hydrogen-bond acceptors (Lipinski definition) is 6. The Hall–Kier alpha value is -0.470. The van der Waals surface area contributed by atoms with Crippen LogP contribution in [0, 0.1) is 0 Å². The molecule has 2 saturated heterocycles. The summed E-state index contributed by atoms with van der Waals surface area (Å²) in [7, 11) is 0. The van der Waals surface area contributed by atoms with Crippen LogP contribution in [0.5, 0.6) is 0 Å². The van der Waals surface area contributed by atoms with Gasteiger partial charge in [0.05, 0.1) is 6.61 Å². The third-order valence-electron chi connectivity index (χ3n) is 2.34. The highest BCUT2D eigenvalue weighted by Crippen LogP contribution is 2.28. The number of aliphatic hydroxyl groups excluding tert-OH is 3. The summed E-state index contributed by atoms with van der Waals surface area (Å²) in [6.45, 7) is -0.467. The minimum absolute atomic E-state index is 0.177. The molecule has 4 N–H and O–H groups in total. The van der Waals surface area contributed by atoms with Crippen molar-refractivity contribution in [3.63, 3.8) is 0 Å². The fourth-order valence-corrected chi connectivity index (χ4v) is 1.86. The topological polar surface area (TPSA) is 91.2 Å². The van der Waals surface area contributed by atoms with Crippen molar-refractivity contribution in [3.05, 3.63) is 0 Å². The Kier molecular flexibility index (Phi) is 2.58. The third-order valence-corrected chi connectivity index (χ3v) is 2.56. The SMILES string of the molecule is OC[C@@H](O)[C@@H]1O[C@H]2NC(=S)O[C@@H]2[C@H]1O. The molecule has 0 aromatic heterocycles. The summed E-state index contributed by atoms with van der Waals surface area (Å²) in [5.41, 5.74) is 0. The van der Waals surface area contributed by atoms with Crippen LogP contribution >= 0.6 is 12.2 Å². The van der Waals surface area contributed by atoms with Crippen molar-refractivity contribution in [2.24, 2.45) is 0 Å². The fourth-order valence-electron chi connectivity index (χ4n) is 1.64. The van der Waals surface area contributed by atoms with Gasteiger partial charge >= 0.3 is 0 Å². The zero-order chi connectivity index (χ0) is 10.3. The van der Waals surface area contributed by atoms with E-state index < -0.39 is 37.3 Å². The standard InChI is InChI=1S/C7H11NO5S/c9-1-2(10)4-3(11)5-6(12-4)8-7(14)13-5/h2-6,9-11H,1H2,(H,8,14)/t2-,3+,4+,5-,6-/m1/s1. The smallest absolute Gasteiger partial charge is 0.259 e. The van der Waals surface area contributed by atoms with Crippen LogP contribution in [0.15, 0.2) is 0 Å². The van der Waals surface area contributed by atoms with Gasteiger partial charge in [0.1, 0.15) is 18.3 Å². The van der Waals surface area contributed by atoms with E-state index in [1.165, 1.54) is 0 Å². The van der Waals surface area contributed by atoms with Crippen LogP contribution in [0.4, 0.5) is 0 Å². The normalized spacial score (nSPS) is 42.9. The quantitative estimate of drug-likeness (QED) is 0.390. The molecule has 0 radical (unpaired) electrons. The molecule has 5 atom stereocenters. The molecule has 0 bridgehead atoms. The first-order valence-electron chi connectivity index (χ1n) is 4.23. The largest absolute Gasteiger partial charge is 0.460 e. The van der Waals surface area contributed by atoms with Crippen LogP contribution in [-0.2, 0) is 9.47 Å². The molecule has 0 aromatic carbocycles. The highest BCUT2D eigenvalue weighted by atomic mass is 32.1. The van der Waals surface area contributed by atoms with Crippen LogP contribution in [0.3, 0.4) is 0 Å². The molecule has 0 saturated carbocycles. The third kappa shape index (κ3) is 1.47. The molecule has 14 heavy (non-hydrogen) atoms. The second-order valence-corrected chi connectivity index (χ2v) is 3.65. The van der Waals surface area contributed by atoms with E-state index in [4.69, 9.17) is 26.8 Å². The van der Waals surface area contributed by atoms with Gasteiger partial charge in [-0.25, -0.2) is 0 Å². The average Bonchev–Trinajstić information content (AvgIpc) is 2.64. The van der Waals surface area contributed by atoms with Crippen molar-refractivity contribution in [3.8, 4) is 0 Å². The summed E-state index contributed by atoms with van der Waals surface area (Å²) in [5, 5.41) is 30.5. The first-order chi connectivity index (χ1) is 6.63. The highest BCUT2D eigenvalue weighted by molar-refractivity contribution is 7.80. The molecule has 80 valence electrons. The molecule has 0 spiro atoms. The first kappa shape index (κ1) is 10.1. The Bertz CT molecular complexity index is 250. The number of thiocarbonyl (C=S) groups is 1. The summed E-state index contributed by atoms with van der Waals surface area (Å²) >= 11 is 4.72. The van der Waals surface area contributed by atoms with E-state index >= 15 is 0 Å². The van der Waals surface area contributed by atoms with Crippen molar-refractivity contribution in [2.75, 3.05) is 6.61 Å². The lowest BCUT2D eigenvalue weighted by Crippen LogP contribution is -2.41. The highest BCUT2D eigenvalue weighted by Gasteiger charge is 2.51. The Morgan fingerprint density at radius 2 is 2.29 bits per heavy atom. The van der Waals surface area contributed by atoms with Gasteiger partial charge in [-0.05, 0) is 12.2 Å². The number of rotatable bonds is 2. The predicted molar refractivity (Wildman–Crippen MR) is 48.4 cm³/mol. The summed E-state index contributed by atoms with van der Waals surface area (Å²) < 4.78 is 10.3. The lowest BCUT2D eigenvalue weighted by atomic mass is 10.1. The van der Waals surface area contributed by atoms with E-state index in [0.717, 1.165) is 0 Å². The van der Waals surface area contributed by atoms with Gasteiger partial charge in [0.25, 0.3) is 5.17 Å². The number of ether oxygens (including phenoxy) is 2. The second kappa shape index (κ2) is 3.59. The molecule has 2 rings (SSSR count). The van der Waals surface area contributed by atoms with Crippen LogP contribution < -0.4 is 5.32 Å². The van der Waals surface area contributed by atoms with Crippen molar-refractivity contribution < 1.29 is 24.8 Å². The van der Waals surface area contributed by atoms with Gasteiger partial charge < -0.3 is 30.1 Å². The molecule has 2 heterocycles. The van der Waals surface area contributed by atoms with Gasteiger partial charge in [-0.2, -0.15) is 0 Å². The molecule has 0 aromatic rings. The van der Waals surface area contributed by atoms with Crippen molar-refractivity contribution in [1.82, 2.24) is 5.32 Å². The van der Waals surface area contributed by atoms with E-state index in [0.29, 0.717) is 0 Å². The van der Waals surface area contributed by atoms with Gasteiger partial charge in [0.15, 0.2) is 12.3 Å². The molecule has 2 aliphatic rings. The zero-order valence-corrected chi connectivity index (χ0v) is 7.98. The molecular weight excluding hydrogens is 210 g/mol. The molecule has 0 unspecified atom stereocenters. The number of hydrogen-bond donors (Lipinski definition) is 4. The van der Waals surface area contributed by atoms with Crippen molar-refractivity contribution in [2.45, 2.75) is 30.6 Å². The molecule has 0 aliphatic carbocycles. The maximum atomic E-state index is 9.66. The van der Waals surface area contributed by atoms with Crippen LogP contribution in [-0.4, -0.2) is 57.7 Å². The molecular formula is C7H11NO5S. The Morgan fingerprint density at radius 3 is 2.86 bits per heavy atom. The van der Waals surface area contributed by atoms with Gasteiger partial charge in [-0.15, -0.1) is 0 Å². The average molecular weight is 221 g/mol. The van der Waals surface area contributed by atoms with E-state index in [1.807, 2.05) is 0 Å². The number of nitrogens with one attached hydrogen (secondary N) is 1. The number of aliphatic hydroxyl groups is 3.